The number of rotatable bonds is 5. The number of halogens is 2. The zero-order chi connectivity index (χ0) is 21.3. The lowest BCUT2D eigenvalue weighted by Crippen LogP contribution is -2.35. The van der Waals surface area contributed by atoms with E-state index in [9.17, 15) is 22.4 Å². The van der Waals surface area contributed by atoms with E-state index in [4.69, 9.17) is 16.3 Å². The number of likely N-dealkylation sites (N-methyl/N-ethyl adjacent to an activating group) is 1. The second-order valence-electron chi connectivity index (χ2n) is 6.38. The van der Waals surface area contributed by atoms with Crippen molar-refractivity contribution in [3.8, 4) is 5.75 Å². The van der Waals surface area contributed by atoms with Crippen molar-refractivity contribution in [3.63, 3.8) is 0 Å². The number of amides is 2. The molecule has 8 nitrogen and oxygen atoms in total. The fourth-order valence-electron chi connectivity index (χ4n) is 2.69. The molecule has 0 spiro atoms. The lowest BCUT2D eigenvalue weighted by atomic mass is 10.2. The number of ether oxygens (including phenoxy) is 1. The third kappa shape index (κ3) is 4.50. The normalized spacial score (nSPS) is 13.5. The first-order chi connectivity index (χ1) is 13.6. The molecule has 0 saturated carbocycles. The third-order valence-corrected chi connectivity index (χ3v) is 6.45. The summed E-state index contributed by atoms with van der Waals surface area (Å²) in [6.45, 7) is 0.873. The fraction of sp³-hybridized carbons (Fsp3) is 0.222. The number of sulfonamides is 1. The second-order valence-corrected chi connectivity index (χ2v) is 8.80. The molecule has 0 radical (unpaired) electrons. The molecule has 11 heteroatoms. The average molecular weight is 442 g/mol. The van der Waals surface area contributed by atoms with E-state index in [1.54, 1.807) is 6.92 Å². The molecule has 0 bridgehead atoms. The molecule has 1 heterocycles. The number of carbonyl (C=O) groups is 2. The molecule has 1 aliphatic heterocycles. The molecule has 3 rings (SSSR count). The van der Waals surface area contributed by atoms with Crippen molar-refractivity contribution in [2.24, 2.45) is 0 Å². The van der Waals surface area contributed by atoms with E-state index in [2.05, 4.69) is 10.6 Å². The van der Waals surface area contributed by atoms with E-state index >= 15 is 0 Å². The van der Waals surface area contributed by atoms with Gasteiger partial charge in [0.05, 0.1) is 17.3 Å². The monoisotopic (exact) mass is 441 g/mol. The molecule has 1 aliphatic rings. The van der Waals surface area contributed by atoms with Crippen LogP contribution >= 0.6 is 11.6 Å². The number of hydrogen-bond donors (Lipinski definition) is 2. The van der Waals surface area contributed by atoms with Crippen molar-refractivity contribution in [3.05, 3.63) is 46.7 Å². The van der Waals surface area contributed by atoms with Gasteiger partial charge in [-0.3, -0.25) is 9.59 Å². The number of benzene rings is 2. The van der Waals surface area contributed by atoms with Crippen LogP contribution < -0.4 is 15.4 Å². The van der Waals surface area contributed by atoms with Crippen LogP contribution in [0.15, 0.2) is 35.2 Å². The number of fused-ring (bicyclic) bond motifs is 1. The summed E-state index contributed by atoms with van der Waals surface area (Å²) in [5.74, 6) is -1.27. The summed E-state index contributed by atoms with van der Waals surface area (Å²) in [6.07, 6.45) is 0. The van der Waals surface area contributed by atoms with Crippen LogP contribution in [0.4, 0.5) is 15.8 Å². The Hall–Kier alpha value is -2.69. The van der Waals surface area contributed by atoms with E-state index in [0.717, 1.165) is 4.31 Å². The van der Waals surface area contributed by atoms with E-state index in [0.29, 0.717) is 11.3 Å². The van der Waals surface area contributed by atoms with Crippen LogP contribution in [-0.4, -0.2) is 44.7 Å². The second kappa shape index (κ2) is 7.97. The molecule has 2 N–H and O–H groups in total. The van der Waals surface area contributed by atoms with Crippen LogP contribution in [-0.2, 0) is 19.6 Å². The quantitative estimate of drug-likeness (QED) is 0.741. The minimum atomic E-state index is -4.13. The molecule has 0 fully saturated rings. The van der Waals surface area contributed by atoms with Crippen molar-refractivity contribution in [2.75, 3.05) is 30.8 Å². The van der Waals surface area contributed by atoms with Gasteiger partial charge < -0.3 is 15.4 Å². The minimum absolute atomic E-state index is 0.129. The molecular weight excluding hydrogens is 425 g/mol. The summed E-state index contributed by atoms with van der Waals surface area (Å²) in [5, 5.41) is 4.95. The molecule has 0 aliphatic carbocycles. The van der Waals surface area contributed by atoms with Gasteiger partial charge in [-0.2, -0.15) is 4.31 Å². The van der Waals surface area contributed by atoms with Crippen molar-refractivity contribution in [1.29, 1.82) is 0 Å². The van der Waals surface area contributed by atoms with Gasteiger partial charge in [-0.15, -0.1) is 0 Å². The molecular formula is C18H17ClFN3O5S. The van der Waals surface area contributed by atoms with Crippen LogP contribution in [0.1, 0.15) is 5.56 Å². The van der Waals surface area contributed by atoms with Gasteiger partial charge in [0.2, 0.25) is 15.9 Å². The van der Waals surface area contributed by atoms with Gasteiger partial charge in [0.15, 0.2) is 6.61 Å². The highest BCUT2D eigenvalue weighted by atomic mass is 35.5. The summed E-state index contributed by atoms with van der Waals surface area (Å²) in [4.78, 5) is 23.4. The Morgan fingerprint density at radius 2 is 2.07 bits per heavy atom. The first kappa shape index (κ1) is 21.0. The number of anilines is 2. The standard InChI is InChI=1S/C18H17ClFN3O5S/c1-10-5-11(20)3-4-13(10)21-17(24)8-23(2)29(26,27)16-7-15-14(6-12(16)19)22-18(25)9-28-15/h3-7H,8-9H2,1-2H3,(H,21,24)(H,22,25). The Kier molecular flexibility index (Phi) is 5.78. The fourth-order valence-corrected chi connectivity index (χ4v) is 4.33. The van der Waals surface area contributed by atoms with Crippen molar-refractivity contribution < 1.29 is 27.1 Å². The van der Waals surface area contributed by atoms with E-state index in [-0.39, 0.29) is 33.9 Å². The molecule has 2 aromatic rings. The Morgan fingerprint density at radius 3 is 2.76 bits per heavy atom. The van der Waals surface area contributed by atoms with Crippen LogP contribution in [0.5, 0.6) is 5.75 Å². The predicted molar refractivity (Wildman–Crippen MR) is 105 cm³/mol. The van der Waals surface area contributed by atoms with Crippen LogP contribution in [0.3, 0.4) is 0 Å². The molecule has 0 saturated heterocycles. The van der Waals surface area contributed by atoms with Gasteiger partial charge in [0, 0.05) is 18.8 Å². The van der Waals surface area contributed by atoms with Gasteiger partial charge in [-0.1, -0.05) is 11.6 Å². The number of hydrogen-bond acceptors (Lipinski definition) is 5. The van der Waals surface area contributed by atoms with E-state index < -0.39 is 28.3 Å². The highest BCUT2D eigenvalue weighted by Gasteiger charge is 2.29. The summed E-state index contributed by atoms with van der Waals surface area (Å²) in [6, 6.07) is 6.31. The van der Waals surface area contributed by atoms with Crippen LogP contribution in [0, 0.1) is 12.7 Å². The Morgan fingerprint density at radius 1 is 1.34 bits per heavy atom. The average Bonchev–Trinajstić information content (AvgIpc) is 2.63. The summed E-state index contributed by atoms with van der Waals surface area (Å²) < 4.78 is 45.0. The maximum absolute atomic E-state index is 13.2. The molecule has 2 aromatic carbocycles. The van der Waals surface area contributed by atoms with Crippen LogP contribution in [0.2, 0.25) is 5.02 Å². The first-order valence-electron chi connectivity index (χ1n) is 8.36. The smallest absolute Gasteiger partial charge is 0.262 e. The maximum Gasteiger partial charge on any atom is 0.262 e. The zero-order valence-corrected chi connectivity index (χ0v) is 17.0. The van der Waals surface area contributed by atoms with Crippen LogP contribution in [0.25, 0.3) is 0 Å². The molecule has 0 aromatic heterocycles. The van der Waals surface area contributed by atoms with Gasteiger partial charge in [-0.05, 0) is 36.8 Å². The molecule has 0 unspecified atom stereocenters. The van der Waals surface area contributed by atoms with E-state index in [1.165, 1.54) is 37.4 Å². The lowest BCUT2D eigenvalue weighted by Gasteiger charge is -2.22. The van der Waals surface area contributed by atoms with Gasteiger partial charge in [-0.25, -0.2) is 12.8 Å². The highest BCUT2D eigenvalue weighted by Crippen LogP contribution is 2.36. The molecule has 0 atom stereocenters. The summed E-state index contributed by atoms with van der Waals surface area (Å²) in [5.41, 5.74) is 1.14. The minimum Gasteiger partial charge on any atom is -0.482 e. The summed E-state index contributed by atoms with van der Waals surface area (Å²) >= 11 is 6.09. The van der Waals surface area contributed by atoms with Gasteiger partial charge in [0.25, 0.3) is 5.91 Å². The largest absolute Gasteiger partial charge is 0.482 e. The molecule has 29 heavy (non-hydrogen) atoms. The Balaban J connectivity index is 1.78. The van der Waals surface area contributed by atoms with Crippen molar-refractivity contribution in [2.45, 2.75) is 11.8 Å². The van der Waals surface area contributed by atoms with Gasteiger partial charge >= 0.3 is 0 Å². The molecule has 2 amide bonds. The topological polar surface area (TPSA) is 105 Å². The predicted octanol–water partition coefficient (Wildman–Crippen LogP) is 2.38. The first-order valence-corrected chi connectivity index (χ1v) is 10.2. The number of carbonyl (C=O) groups excluding carboxylic acids is 2. The lowest BCUT2D eigenvalue weighted by molar-refractivity contribution is -0.118. The number of nitrogens with one attached hydrogen (secondary N) is 2. The SMILES string of the molecule is Cc1cc(F)ccc1NC(=O)CN(C)S(=O)(=O)c1cc2c(cc1Cl)NC(=O)CO2. The van der Waals surface area contributed by atoms with Crippen molar-refractivity contribution >= 4 is 44.8 Å². The zero-order valence-electron chi connectivity index (χ0n) is 15.5. The Labute approximate surface area is 171 Å². The van der Waals surface area contributed by atoms with Crippen molar-refractivity contribution in [1.82, 2.24) is 4.31 Å². The number of aryl methyl sites for hydroxylation is 1. The summed E-state index contributed by atoms with van der Waals surface area (Å²) in [7, 11) is -2.91. The highest BCUT2D eigenvalue weighted by molar-refractivity contribution is 7.89. The third-order valence-electron chi connectivity index (χ3n) is 4.18. The van der Waals surface area contributed by atoms with Gasteiger partial charge in [0.1, 0.15) is 16.5 Å². The Bertz CT molecular complexity index is 1110. The van der Waals surface area contributed by atoms with E-state index in [1.807, 2.05) is 0 Å². The number of nitrogens with zero attached hydrogens (tertiary/aromatic N) is 1. The molecule has 154 valence electrons. The maximum atomic E-state index is 13.2.